The largest absolute Gasteiger partial charge is 0.465 e. The van der Waals surface area contributed by atoms with Crippen molar-refractivity contribution < 1.29 is 18.7 Å². The Labute approximate surface area is 136 Å². The number of rotatable bonds is 9. The predicted octanol–water partition coefficient (Wildman–Crippen LogP) is 4.77. The van der Waals surface area contributed by atoms with Crippen molar-refractivity contribution in [2.45, 2.75) is 46.0 Å². The molecule has 0 fully saturated rings. The molecular formula is C19H24O4. The molecule has 1 atom stereocenters. The van der Waals surface area contributed by atoms with Crippen LogP contribution in [0.25, 0.3) is 10.8 Å². The number of benzene rings is 1. The van der Waals surface area contributed by atoms with Crippen molar-refractivity contribution in [3.05, 3.63) is 36.3 Å². The molecule has 0 saturated heterocycles. The minimum atomic E-state index is -0.481. The number of carbonyl (C=O) groups is 2. The van der Waals surface area contributed by atoms with Gasteiger partial charge in [-0.3, -0.25) is 9.59 Å². The number of furan rings is 1. The Hall–Kier alpha value is -2.10. The number of fused-ring (bicyclic) bond motifs is 1. The average Bonchev–Trinajstić information content (AvgIpc) is 2.99. The number of ether oxygens (including phenoxy) is 1. The van der Waals surface area contributed by atoms with Gasteiger partial charge in [-0.05, 0) is 12.3 Å². The first-order chi connectivity index (χ1) is 11.2. The number of Topliss-reactive ketones (excluding diaryl/α,β-unsaturated/α-hetero) is 1. The van der Waals surface area contributed by atoms with E-state index in [1.165, 1.54) is 6.26 Å². The quantitative estimate of drug-likeness (QED) is 0.380. The molecule has 4 heteroatoms. The molecule has 4 nitrogen and oxygen atoms in total. The van der Waals surface area contributed by atoms with Crippen molar-refractivity contribution in [1.82, 2.24) is 0 Å². The van der Waals surface area contributed by atoms with E-state index in [4.69, 9.17) is 9.15 Å². The van der Waals surface area contributed by atoms with E-state index in [1.54, 1.807) is 0 Å². The number of unbranched alkanes of at least 4 members (excludes halogenated alkanes) is 1. The van der Waals surface area contributed by atoms with Crippen LogP contribution >= 0.6 is 0 Å². The normalized spacial score (nSPS) is 12.3. The Morgan fingerprint density at radius 1 is 1.22 bits per heavy atom. The van der Waals surface area contributed by atoms with E-state index in [0.29, 0.717) is 12.5 Å². The van der Waals surface area contributed by atoms with Gasteiger partial charge in [0.05, 0.1) is 12.9 Å². The Bertz CT molecular complexity index is 656. The second-order valence-corrected chi connectivity index (χ2v) is 5.85. The fraction of sp³-hybridized carbons (Fsp3) is 0.474. The molecule has 1 heterocycles. The molecule has 0 saturated carbocycles. The van der Waals surface area contributed by atoms with Crippen LogP contribution < -0.4 is 0 Å². The van der Waals surface area contributed by atoms with Gasteiger partial charge in [-0.15, -0.1) is 0 Å². The van der Waals surface area contributed by atoms with Crippen molar-refractivity contribution in [2.24, 2.45) is 5.92 Å². The maximum Gasteiger partial charge on any atom is 0.313 e. The summed E-state index contributed by atoms with van der Waals surface area (Å²) in [5, 5.41) is 1.59. The van der Waals surface area contributed by atoms with E-state index >= 15 is 0 Å². The summed E-state index contributed by atoms with van der Waals surface area (Å²) >= 11 is 0. The lowest BCUT2D eigenvalue weighted by Gasteiger charge is -2.14. The number of ketones is 1. The fourth-order valence-electron chi connectivity index (χ4n) is 2.58. The monoisotopic (exact) mass is 316 g/mol. The van der Waals surface area contributed by atoms with Gasteiger partial charge in [0.15, 0.2) is 5.76 Å². The van der Waals surface area contributed by atoms with Crippen LogP contribution in [0.1, 0.15) is 56.5 Å². The first-order valence-electron chi connectivity index (χ1n) is 8.30. The molecule has 1 unspecified atom stereocenters. The molecule has 1 aromatic heterocycles. The molecule has 0 N–H and O–H groups in total. The van der Waals surface area contributed by atoms with Crippen LogP contribution in [-0.2, 0) is 9.53 Å². The summed E-state index contributed by atoms with van der Waals surface area (Å²) in [6, 6.07) is 7.40. The average molecular weight is 316 g/mol. The Kier molecular flexibility index (Phi) is 6.39. The van der Waals surface area contributed by atoms with E-state index in [0.717, 1.165) is 36.5 Å². The van der Waals surface area contributed by atoms with E-state index in [1.807, 2.05) is 24.3 Å². The fourth-order valence-corrected chi connectivity index (χ4v) is 2.58. The topological polar surface area (TPSA) is 56.5 Å². The summed E-state index contributed by atoms with van der Waals surface area (Å²) in [6.07, 6.45) is 5.55. The highest BCUT2D eigenvalue weighted by Crippen LogP contribution is 2.22. The first-order valence-corrected chi connectivity index (χ1v) is 8.30. The molecule has 0 aliphatic rings. The van der Waals surface area contributed by atoms with E-state index in [2.05, 4.69) is 13.8 Å². The van der Waals surface area contributed by atoms with Crippen molar-refractivity contribution in [2.75, 3.05) is 6.61 Å². The molecule has 2 aromatic rings. The van der Waals surface area contributed by atoms with Crippen molar-refractivity contribution >= 4 is 22.5 Å². The van der Waals surface area contributed by atoms with Gasteiger partial charge in [0.1, 0.15) is 6.42 Å². The van der Waals surface area contributed by atoms with Gasteiger partial charge in [-0.1, -0.05) is 57.4 Å². The second kappa shape index (κ2) is 8.51. The minimum Gasteiger partial charge on any atom is -0.465 e. The molecule has 0 amide bonds. The zero-order valence-electron chi connectivity index (χ0n) is 13.8. The maximum absolute atomic E-state index is 12.2. The molecule has 0 spiro atoms. The number of carbonyl (C=O) groups excluding carboxylic acids is 2. The molecule has 1 aromatic carbocycles. The number of esters is 1. The SMILES string of the molecule is CCCCC(CC)COC(=O)CC(=O)c1occ2ccccc12. The highest BCUT2D eigenvalue weighted by atomic mass is 16.5. The third-order valence-corrected chi connectivity index (χ3v) is 4.09. The third kappa shape index (κ3) is 4.68. The van der Waals surface area contributed by atoms with Crippen molar-refractivity contribution in [3.8, 4) is 0 Å². The van der Waals surface area contributed by atoms with Crippen molar-refractivity contribution in [1.29, 1.82) is 0 Å². The number of hydrogen-bond donors (Lipinski definition) is 0. The summed E-state index contributed by atoms with van der Waals surface area (Å²) in [5.74, 6) is -0.211. The van der Waals surface area contributed by atoms with Crippen LogP contribution in [0.3, 0.4) is 0 Å². The summed E-state index contributed by atoms with van der Waals surface area (Å²) in [7, 11) is 0. The lowest BCUT2D eigenvalue weighted by atomic mass is 10.0. The predicted molar refractivity (Wildman–Crippen MR) is 89.4 cm³/mol. The summed E-state index contributed by atoms with van der Waals surface area (Å²) in [6.45, 7) is 4.63. The molecule has 0 aliphatic heterocycles. The highest BCUT2D eigenvalue weighted by Gasteiger charge is 2.19. The van der Waals surface area contributed by atoms with Gasteiger partial charge < -0.3 is 9.15 Å². The van der Waals surface area contributed by atoms with Crippen LogP contribution in [0.4, 0.5) is 0 Å². The summed E-state index contributed by atoms with van der Waals surface area (Å²) < 4.78 is 10.6. The van der Waals surface area contributed by atoms with Gasteiger partial charge in [0, 0.05) is 10.8 Å². The van der Waals surface area contributed by atoms with Crippen LogP contribution in [-0.4, -0.2) is 18.4 Å². The summed E-state index contributed by atoms with van der Waals surface area (Å²) in [5.41, 5.74) is 0. The van der Waals surface area contributed by atoms with Gasteiger partial charge in [-0.2, -0.15) is 0 Å². The molecule has 0 bridgehead atoms. The lowest BCUT2D eigenvalue weighted by molar-refractivity contribution is -0.144. The minimum absolute atomic E-state index is 0.232. The molecule has 124 valence electrons. The molecule has 2 rings (SSSR count). The van der Waals surface area contributed by atoms with Gasteiger partial charge in [0.2, 0.25) is 5.78 Å². The smallest absolute Gasteiger partial charge is 0.313 e. The molecule has 23 heavy (non-hydrogen) atoms. The van der Waals surface area contributed by atoms with E-state index in [9.17, 15) is 9.59 Å². The second-order valence-electron chi connectivity index (χ2n) is 5.85. The van der Waals surface area contributed by atoms with Crippen LogP contribution in [0, 0.1) is 5.92 Å². The number of hydrogen-bond acceptors (Lipinski definition) is 4. The zero-order valence-corrected chi connectivity index (χ0v) is 13.8. The molecule has 0 aliphatic carbocycles. The van der Waals surface area contributed by atoms with Crippen molar-refractivity contribution in [3.63, 3.8) is 0 Å². The van der Waals surface area contributed by atoms with Gasteiger partial charge >= 0.3 is 5.97 Å². The van der Waals surface area contributed by atoms with E-state index in [-0.39, 0.29) is 18.0 Å². The van der Waals surface area contributed by atoms with Crippen LogP contribution in [0.5, 0.6) is 0 Å². The van der Waals surface area contributed by atoms with Gasteiger partial charge in [0.25, 0.3) is 0 Å². The Morgan fingerprint density at radius 3 is 2.74 bits per heavy atom. The molecule has 0 radical (unpaired) electrons. The third-order valence-electron chi connectivity index (χ3n) is 4.09. The van der Waals surface area contributed by atoms with Gasteiger partial charge in [-0.25, -0.2) is 0 Å². The van der Waals surface area contributed by atoms with Crippen LogP contribution in [0.2, 0.25) is 0 Å². The summed E-state index contributed by atoms with van der Waals surface area (Å²) in [4.78, 5) is 24.1. The van der Waals surface area contributed by atoms with E-state index < -0.39 is 5.97 Å². The Morgan fingerprint density at radius 2 is 2.00 bits per heavy atom. The Balaban J connectivity index is 1.88. The standard InChI is InChI=1S/C19H24O4/c1-3-5-8-14(4-2)12-22-18(21)11-17(20)19-16-10-7-6-9-15(16)13-23-19/h6-7,9-10,13-14H,3-5,8,11-12H2,1-2H3. The molecular weight excluding hydrogens is 292 g/mol. The zero-order chi connectivity index (χ0) is 16.7. The van der Waals surface area contributed by atoms with Crippen LogP contribution in [0.15, 0.2) is 34.9 Å². The first kappa shape index (κ1) is 17.3. The highest BCUT2D eigenvalue weighted by molar-refractivity contribution is 6.11. The maximum atomic E-state index is 12.2. The lowest BCUT2D eigenvalue weighted by Crippen LogP contribution is -2.16.